The van der Waals surface area contributed by atoms with Gasteiger partial charge in [-0.1, -0.05) is 200 Å². The highest BCUT2D eigenvalue weighted by atomic mass is 15.1. The monoisotopic (exact) mass is 903 g/mol. The number of hydrogen-bond donors (Lipinski definition) is 0. The number of benzene rings is 12. The fraction of sp³-hybridized carbons (Fsp3) is 0. The molecule has 0 aliphatic carbocycles. The van der Waals surface area contributed by atoms with Crippen LogP contribution in [0.1, 0.15) is 0 Å². The Kier molecular flexibility index (Phi) is 9.53. The quantitative estimate of drug-likeness (QED) is 0.139. The summed E-state index contributed by atoms with van der Waals surface area (Å²) >= 11 is 0. The SMILES string of the molecule is c1ccc(-n2c3ccccc3c3ccccc32)c(-c2ccc(-c3ccc(N(c4ccc(-c5ccccc5-n5c6ccccc6c6ccccc65)cc4)c4ccc5c(ccc6ccccc65)c4)cc3)cc2)c1. The number of rotatable bonds is 8. The van der Waals surface area contributed by atoms with E-state index in [-0.39, 0.29) is 0 Å². The van der Waals surface area contributed by atoms with E-state index in [1.807, 2.05) is 0 Å². The highest BCUT2D eigenvalue weighted by Gasteiger charge is 2.19. The van der Waals surface area contributed by atoms with E-state index in [0.29, 0.717) is 0 Å². The van der Waals surface area contributed by atoms with Crippen molar-refractivity contribution in [2.45, 2.75) is 0 Å². The van der Waals surface area contributed by atoms with Gasteiger partial charge in [0.15, 0.2) is 0 Å². The Morgan fingerprint density at radius 3 is 1.06 bits per heavy atom. The molecule has 0 unspecified atom stereocenters. The van der Waals surface area contributed by atoms with Gasteiger partial charge in [0.25, 0.3) is 0 Å². The van der Waals surface area contributed by atoms with Crippen molar-refractivity contribution in [2.24, 2.45) is 0 Å². The minimum atomic E-state index is 1.09. The topological polar surface area (TPSA) is 13.1 Å². The van der Waals surface area contributed by atoms with E-state index >= 15 is 0 Å². The van der Waals surface area contributed by atoms with E-state index in [2.05, 4.69) is 287 Å². The Morgan fingerprint density at radius 2 is 0.563 bits per heavy atom. The number of fused-ring (bicyclic) bond motifs is 9. The molecule has 0 saturated heterocycles. The molecule has 0 aliphatic rings. The van der Waals surface area contributed by atoms with Crippen molar-refractivity contribution in [3.63, 3.8) is 0 Å². The second-order valence-corrected chi connectivity index (χ2v) is 18.5. The summed E-state index contributed by atoms with van der Waals surface area (Å²) in [5.41, 5.74) is 17.5. The predicted molar refractivity (Wildman–Crippen MR) is 301 cm³/mol. The van der Waals surface area contributed by atoms with Crippen molar-refractivity contribution >= 4 is 82.2 Å². The first-order chi connectivity index (χ1) is 35.2. The number of hydrogen-bond acceptors (Lipinski definition) is 1. The Bertz CT molecular complexity index is 4220. The molecule has 71 heavy (non-hydrogen) atoms. The highest BCUT2D eigenvalue weighted by Crippen LogP contribution is 2.42. The van der Waals surface area contributed by atoms with Crippen LogP contribution in [-0.4, -0.2) is 9.13 Å². The van der Waals surface area contributed by atoms with Crippen molar-refractivity contribution < 1.29 is 0 Å². The Morgan fingerprint density at radius 1 is 0.225 bits per heavy atom. The Balaban J connectivity index is 0.833. The van der Waals surface area contributed by atoms with Gasteiger partial charge in [-0.3, -0.25) is 0 Å². The fourth-order valence-corrected chi connectivity index (χ4v) is 11.2. The fourth-order valence-electron chi connectivity index (χ4n) is 11.2. The van der Waals surface area contributed by atoms with Gasteiger partial charge in [0.1, 0.15) is 0 Å². The molecular formula is C68H45N3. The molecule has 0 atom stereocenters. The summed E-state index contributed by atoms with van der Waals surface area (Å²) in [5.74, 6) is 0. The molecule has 0 N–H and O–H groups in total. The maximum Gasteiger partial charge on any atom is 0.0541 e. The molecular weight excluding hydrogens is 859 g/mol. The van der Waals surface area contributed by atoms with Gasteiger partial charge in [0.2, 0.25) is 0 Å². The first-order valence-corrected chi connectivity index (χ1v) is 24.4. The lowest BCUT2D eigenvalue weighted by molar-refractivity contribution is 1.18. The third-order valence-electron chi connectivity index (χ3n) is 14.5. The smallest absolute Gasteiger partial charge is 0.0541 e. The van der Waals surface area contributed by atoms with E-state index in [1.165, 1.54) is 93.1 Å². The van der Waals surface area contributed by atoms with Crippen molar-refractivity contribution in [1.29, 1.82) is 0 Å². The number of nitrogens with zero attached hydrogens (tertiary/aromatic N) is 3. The van der Waals surface area contributed by atoms with Gasteiger partial charge in [-0.15, -0.1) is 0 Å². The van der Waals surface area contributed by atoms with Crippen LogP contribution in [0.25, 0.3) is 110 Å². The molecule has 0 radical (unpaired) electrons. The van der Waals surface area contributed by atoms with Crippen molar-refractivity contribution in [3.8, 4) is 44.8 Å². The molecule has 0 bridgehead atoms. The van der Waals surface area contributed by atoms with Crippen LogP contribution in [0.3, 0.4) is 0 Å². The zero-order valence-electron chi connectivity index (χ0n) is 38.8. The molecule has 0 spiro atoms. The molecule has 14 rings (SSSR count). The summed E-state index contributed by atoms with van der Waals surface area (Å²) in [4.78, 5) is 2.38. The lowest BCUT2D eigenvalue weighted by atomic mass is 9.98. The van der Waals surface area contributed by atoms with Crippen molar-refractivity contribution in [1.82, 2.24) is 9.13 Å². The minimum Gasteiger partial charge on any atom is -0.310 e. The first kappa shape index (κ1) is 40.6. The molecule has 2 aromatic heterocycles. The van der Waals surface area contributed by atoms with E-state index < -0.39 is 0 Å². The molecule has 0 amide bonds. The lowest BCUT2D eigenvalue weighted by Gasteiger charge is -2.26. The van der Waals surface area contributed by atoms with Gasteiger partial charge in [-0.2, -0.15) is 0 Å². The van der Waals surface area contributed by atoms with E-state index in [1.54, 1.807) is 0 Å². The second kappa shape index (κ2) is 16.7. The Labute approximate surface area is 412 Å². The molecule has 0 saturated carbocycles. The summed E-state index contributed by atoms with van der Waals surface area (Å²) < 4.78 is 4.83. The van der Waals surface area contributed by atoms with Crippen LogP contribution in [0.15, 0.2) is 273 Å². The number of para-hydroxylation sites is 6. The maximum absolute atomic E-state index is 2.42. The molecule has 332 valence electrons. The van der Waals surface area contributed by atoms with Crippen LogP contribution in [-0.2, 0) is 0 Å². The van der Waals surface area contributed by atoms with Gasteiger partial charge >= 0.3 is 0 Å². The van der Waals surface area contributed by atoms with Gasteiger partial charge in [0, 0.05) is 49.7 Å². The number of aromatic nitrogens is 2. The van der Waals surface area contributed by atoms with Crippen LogP contribution in [0.5, 0.6) is 0 Å². The zero-order valence-corrected chi connectivity index (χ0v) is 38.8. The maximum atomic E-state index is 2.42. The molecule has 0 fully saturated rings. The summed E-state index contributed by atoms with van der Waals surface area (Å²) in [7, 11) is 0. The van der Waals surface area contributed by atoms with Gasteiger partial charge in [-0.25, -0.2) is 0 Å². The van der Waals surface area contributed by atoms with E-state index in [0.717, 1.165) is 33.9 Å². The summed E-state index contributed by atoms with van der Waals surface area (Å²) in [6, 6.07) is 99.6. The summed E-state index contributed by atoms with van der Waals surface area (Å²) in [5, 5.41) is 10.0. The molecule has 3 nitrogen and oxygen atoms in total. The average Bonchev–Trinajstić information content (AvgIpc) is 3.96. The van der Waals surface area contributed by atoms with Crippen molar-refractivity contribution in [3.05, 3.63) is 273 Å². The largest absolute Gasteiger partial charge is 0.310 e. The van der Waals surface area contributed by atoms with Crippen LogP contribution in [0.2, 0.25) is 0 Å². The molecule has 0 aliphatic heterocycles. The summed E-state index contributed by atoms with van der Waals surface area (Å²) in [6.45, 7) is 0. The average molecular weight is 904 g/mol. The Hall–Kier alpha value is -9.44. The van der Waals surface area contributed by atoms with Crippen LogP contribution >= 0.6 is 0 Å². The second-order valence-electron chi connectivity index (χ2n) is 18.5. The van der Waals surface area contributed by atoms with E-state index in [9.17, 15) is 0 Å². The van der Waals surface area contributed by atoms with Crippen molar-refractivity contribution in [2.75, 3.05) is 4.90 Å². The zero-order chi connectivity index (χ0) is 46.8. The van der Waals surface area contributed by atoms with Crippen LogP contribution in [0.4, 0.5) is 17.1 Å². The third-order valence-corrected chi connectivity index (χ3v) is 14.5. The lowest BCUT2D eigenvalue weighted by Crippen LogP contribution is -2.10. The van der Waals surface area contributed by atoms with E-state index in [4.69, 9.17) is 0 Å². The molecule has 2 heterocycles. The van der Waals surface area contributed by atoms with Crippen LogP contribution < -0.4 is 4.90 Å². The number of anilines is 3. The molecule has 12 aromatic carbocycles. The van der Waals surface area contributed by atoms with Crippen LogP contribution in [0, 0.1) is 0 Å². The molecule has 3 heteroatoms. The van der Waals surface area contributed by atoms with Gasteiger partial charge in [0.05, 0.1) is 33.4 Å². The van der Waals surface area contributed by atoms with Gasteiger partial charge in [-0.05, 0) is 117 Å². The highest BCUT2D eigenvalue weighted by molar-refractivity contribution is 6.11. The normalized spacial score (nSPS) is 11.7. The predicted octanol–water partition coefficient (Wildman–Crippen LogP) is 18.7. The first-order valence-electron chi connectivity index (χ1n) is 24.4. The summed E-state index contributed by atoms with van der Waals surface area (Å²) in [6.07, 6.45) is 0. The standard InChI is InChI=1S/C68H45N3/c1-2-16-55-48(15-1)33-34-51-45-54(43-44-56(51)55)69(53-41-37-50(38-42-53)58-18-4-10-24-64(58)71-67-27-13-7-21-61(67)62-22-8-14-28-68(62)71)52-39-35-47(36-40-52)46-29-31-49(32-30-46)57-17-3-9-23-63(57)70-65-25-11-5-19-59(65)60-20-6-12-26-66(60)70/h1-45H. The molecule has 14 aromatic rings. The minimum absolute atomic E-state index is 1.09. The van der Waals surface area contributed by atoms with Gasteiger partial charge < -0.3 is 14.0 Å². The third kappa shape index (κ3) is 6.74.